The predicted molar refractivity (Wildman–Crippen MR) is 82.9 cm³/mol. The maximum Gasteiger partial charge on any atom is 0.408 e. The van der Waals surface area contributed by atoms with Gasteiger partial charge in [0.15, 0.2) is 0 Å². The minimum atomic E-state index is -0.615. The second kappa shape index (κ2) is 6.79. The van der Waals surface area contributed by atoms with E-state index in [2.05, 4.69) is 16.2 Å². The van der Waals surface area contributed by atoms with Crippen LogP contribution in [0.25, 0.3) is 0 Å². The van der Waals surface area contributed by atoms with E-state index in [4.69, 9.17) is 4.74 Å². The molecule has 0 aromatic heterocycles. The number of alkyl carbamates (subject to hydrolysis) is 1. The smallest absolute Gasteiger partial charge is 0.408 e. The first-order valence-corrected chi connectivity index (χ1v) is 7.41. The third-order valence-electron chi connectivity index (χ3n) is 3.34. The fourth-order valence-electron chi connectivity index (χ4n) is 2.40. The molecule has 22 heavy (non-hydrogen) atoms. The van der Waals surface area contributed by atoms with Gasteiger partial charge in [0.2, 0.25) is 0 Å². The second-order valence-corrected chi connectivity index (χ2v) is 6.44. The minimum Gasteiger partial charge on any atom is -0.444 e. The molecule has 1 aliphatic rings. The number of carbonyl (C=O) groups is 2. The Morgan fingerprint density at radius 1 is 1.32 bits per heavy atom. The molecule has 1 saturated heterocycles. The van der Waals surface area contributed by atoms with E-state index in [1.165, 1.54) is 0 Å². The summed E-state index contributed by atoms with van der Waals surface area (Å²) >= 11 is 0. The third kappa shape index (κ3) is 4.73. The maximum atomic E-state index is 12.1. The van der Waals surface area contributed by atoms with Crippen molar-refractivity contribution >= 4 is 12.0 Å². The van der Waals surface area contributed by atoms with Gasteiger partial charge in [0.05, 0.1) is 0 Å². The van der Waals surface area contributed by atoms with Gasteiger partial charge in [-0.2, -0.15) is 0 Å². The number of rotatable bonds is 3. The van der Waals surface area contributed by atoms with Crippen LogP contribution in [-0.2, 0) is 16.0 Å². The largest absolute Gasteiger partial charge is 0.444 e. The Hall–Kier alpha value is -2.08. The number of carbonyl (C=O) groups excluding carboxylic acids is 2. The van der Waals surface area contributed by atoms with Crippen molar-refractivity contribution in [1.82, 2.24) is 16.2 Å². The van der Waals surface area contributed by atoms with E-state index in [9.17, 15) is 9.59 Å². The molecule has 0 radical (unpaired) electrons. The lowest BCUT2D eigenvalue weighted by Crippen LogP contribution is -2.62. The van der Waals surface area contributed by atoms with Crippen LogP contribution in [0.4, 0.5) is 4.79 Å². The second-order valence-electron chi connectivity index (χ2n) is 6.44. The molecule has 2 unspecified atom stereocenters. The molecule has 3 N–H and O–H groups in total. The number of nitrogens with one attached hydrogen (secondary N) is 3. The summed E-state index contributed by atoms with van der Waals surface area (Å²) < 4.78 is 5.24. The van der Waals surface area contributed by atoms with Crippen molar-refractivity contribution in [2.45, 2.75) is 38.8 Å². The van der Waals surface area contributed by atoms with Gasteiger partial charge in [-0.3, -0.25) is 10.2 Å². The molecule has 1 aromatic rings. The van der Waals surface area contributed by atoms with E-state index >= 15 is 0 Å². The van der Waals surface area contributed by atoms with Crippen LogP contribution in [0.1, 0.15) is 26.3 Å². The zero-order valence-corrected chi connectivity index (χ0v) is 13.2. The molecule has 1 heterocycles. The first kappa shape index (κ1) is 16.3. The summed E-state index contributed by atoms with van der Waals surface area (Å²) in [7, 11) is 0. The van der Waals surface area contributed by atoms with Gasteiger partial charge in [-0.15, -0.1) is 0 Å². The molecule has 2 rings (SSSR count). The summed E-state index contributed by atoms with van der Waals surface area (Å²) in [4.78, 5) is 24.0. The Morgan fingerprint density at radius 3 is 2.64 bits per heavy atom. The van der Waals surface area contributed by atoms with E-state index in [1.54, 1.807) is 20.8 Å². The van der Waals surface area contributed by atoms with E-state index in [0.29, 0.717) is 13.0 Å². The van der Waals surface area contributed by atoms with Crippen molar-refractivity contribution in [3.63, 3.8) is 0 Å². The average Bonchev–Trinajstić information content (AvgIpc) is 2.42. The van der Waals surface area contributed by atoms with Crippen molar-refractivity contribution in [2.75, 3.05) is 6.54 Å². The monoisotopic (exact) mass is 305 g/mol. The lowest BCUT2D eigenvalue weighted by molar-refractivity contribution is -0.127. The first-order valence-electron chi connectivity index (χ1n) is 7.41. The number of hydrazine groups is 1. The summed E-state index contributed by atoms with van der Waals surface area (Å²) in [6, 6.07) is 9.28. The highest BCUT2D eigenvalue weighted by atomic mass is 16.6. The molecule has 120 valence electrons. The van der Waals surface area contributed by atoms with Crippen molar-refractivity contribution in [2.24, 2.45) is 5.92 Å². The molecule has 6 nitrogen and oxygen atoms in total. The summed E-state index contributed by atoms with van der Waals surface area (Å²) in [6.07, 6.45) is 0.120. The number of amides is 2. The number of hydrogen-bond acceptors (Lipinski definition) is 4. The van der Waals surface area contributed by atoms with Gasteiger partial charge < -0.3 is 10.1 Å². The molecule has 0 spiro atoms. The highest BCUT2D eigenvalue weighted by molar-refractivity contribution is 5.86. The Morgan fingerprint density at radius 2 is 2.00 bits per heavy atom. The summed E-state index contributed by atoms with van der Waals surface area (Å²) in [5, 5.41) is 2.68. The predicted octanol–water partition coefficient (Wildman–Crippen LogP) is 1.37. The van der Waals surface area contributed by atoms with E-state index < -0.39 is 17.7 Å². The van der Waals surface area contributed by atoms with E-state index in [-0.39, 0.29) is 11.8 Å². The van der Waals surface area contributed by atoms with Crippen LogP contribution in [-0.4, -0.2) is 30.2 Å². The van der Waals surface area contributed by atoms with Crippen LogP contribution in [0.15, 0.2) is 30.3 Å². The lowest BCUT2D eigenvalue weighted by Gasteiger charge is -2.32. The fourth-order valence-corrected chi connectivity index (χ4v) is 2.40. The van der Waals surface area contributed by atoms with Gasteiger partial charge in [0.1, 0.15) is 11.6 Å². The summed E-state index contributed by atoms with van der Waals surface area (Å²) in [5.41, 5.74) is 5.95. The molecule has 0 bridgehead atoms. The van der Waals surface area contributed by atoms with Gasteiger partial charge in [-0.05, 0) is 32.8 Å². The van der Waals surface area contributed by atoms with E-state index in [1.807, 2.05) is 30.3 Å². The van der Waals surface area contributed by atoms with Crippen LogP contribution >= 0.6 is 0 Å². The molecular weight excluding hydrogens is 282 g/mol. The molecule has 0 aliphatic carbocycles. The summed E-state index contributed by atoms with van der Waals surface area (Å²) in [5.74, 6) is -0.290. The Kier molecular flexibility index (Phi) is 5.03. The van der Waals surface area contributed by atoms with Crippen LogP contribution < -0.4 is 16.2 Å². The van der Waals surface area contributed by atoms with Crippen molar-refractivity contribution in [3.8, 4) is 0 Å². The molecule has 1 aromatic carbocycles. The third-order valence-corrected chi connectivity index (χ3v) is 3.34. The Balaban J connectivity index is 2.04. The number of benzene rings is 1. The normalized spacial score (nSPS) is 21.9. The SMILES string of the molecule is CC(C)(C)OC(=O)NC1C(=O)NNCC1Cc1ccccc1. The van der Waals surface area contributed by atoms with Crippen LogP contribution in [0.3, 0.4) is 0 Å². The van der Waals surface area contributed by atoms with E-state index in [0.717, 1.165) is 5.56 Å². The van der Waals surface area contributed by atoms with Gasteiger partial charge in [0.25, 0.3) is 5.91 Å². The number of ether oxygens (including phenoxy) is 1. The molecular formula is C16H23N3O3. The van der Waals surface area contributed by atoms with Crippen LogP contribution in [0, 0.1) is 5.92 Å². The highest BCUT2D eigenvalue weighted by Crippen LogP contribution is 2.15. The van der Waals surface area contributed by atoms with Gasteiger partial charge in [0, 0.05) is 12.5 Å². The molecule has 1 aliphatic heterocycles. The molecule has 1 fully saturated rings. The first-order chi connectivity index (χ1) is 10.3. The maximum absolute atomic E-state index is 12.1. The molecule has 2 amide bonds. The molecule has 0 saturated carbocycles. The van der Waals surface area contributed by atoms with Gasteiger partial charge >= 0.3 is 6.09 Å². The zero-order chi connectivity index (χ0) is 16.2. The molecule has 2 atom stereocenters. The highest BCUT2D eigenvalue weighted by Gasteiger charge is 2.34. The number of hydrogen-bond donors (Lipinski definition) is 3. The van der Waals surface area contributed by atoms with Gasteiger partial charge in [-0.25, -0.2) is 10.2 Å². The standard InChI is InChI=1S/C16H23N3O3/c1-16(2,3)22-15(21)18-13-12(10-17-19-14(13)20)9-11-7-5-4-6-8-11/h4-8,12-13,17H,9-10H2,1-3H3,(H,18,21)(H,19,20). The zero-order valence-electron chi connectivity index (χ0n) is 13.2. The lowest BCUT2D eigenvalue weighted by atomic mass is 9.90. The summed E-state index contributed by atoms with van der Waals surface area (Å²) in [6.45, 7) is 5.95. The van der Waals surface area contributed by atoms with Crippen LogP contribution in [0.5, 0.6) is 0 Å². The Bertz CT molecular complexity index is 525. The molecule has 6 heteroatoms. The Labute approximate surface area is 130 Å². The van der Waals surface area contributed by atoms with Crippen LogP contribution in [0.2, 0.25) is 0 Å². The quantitative estimate of drug-likeness (QED) is 0.788. The van der Waals surface area contributed by atoms with Gasteiger partial charge in [-0.1, -0.05) is 30.3 Å². The van der Waals surface area contributed by atoms with Crippen molar-refractivity contribution < 1.29 is 14.3 Å². The minimum absolute atomic E-state index is 0.0383. The average molecular weight is 305 g/mol. The van der Waals surface area contributed by atoms with Crippen molar-refractivity contribution in [1.29, 1.82) is 0 Å². The van der Waals surface area contributed by atoms with Crippen molar-refractivity contribution in [3.05, 3.63) is 35.9 Å². The topological polar surface area (TPSA) is 79.5 Å². The fraction of sp³-hybridized carbons (Fsp3) is 0.500.